The van der Waals surface area contributed by atoms with Gasteiger partial charge in [-0.05, 0) is 25.0 Å². The van der Waals surface area contributed by atoms with Crippen LogP contribution in [0.2, 0.25) is 0 Å². The Labute approximate surface area is 146 Å². The predicted octanol–water partition coefficient (Wildman–Crippen LogP) is 0.701. The average Bonchev–Trinajstić information content (AvgIpc) is 3.29. The van der Waals surface area contributed by atoms with E-state index in [4.69, 9.17) is 4.74 Å². The normalized spacial score (nSPS) is 20.4. The van der Waals surface area contributed by atoms with Gasteiger partial charge in [-0.15, -0.1) is 0 Å². The number of hydrogen-bond acceptors (Lipinski definition) is 6. The number of anilines is 1. The van der Waals surface area contributed by atoms with Gasteiger partial charge >= 0.3 is 0 Å². The van der Waals surface area contributed by atoms with Crippen molar-refractivity contribution in [3.8, 4) is 0 Å². The Kier molecular flexibility index (Phi) is 4.60. The minimum Gasteiger partial charge on any atom is -0.365 e. The number of fused-ring (bicyclic) bond motifs is 1. The number of rotatable bonds is 4. The molecule has 0 saturated carbocycles. The summed E-state index contributed by atoms with van der Waals surface area (Å²) in [4.78, 5) is 24.9. The highest BCUT2D eigenvalue weighted by molar-refractivity contribution is 5.77. The van der Waals surface area contributed by atoms with E-state index in [2.05, 4.69) is 20.0 Å². The first kappa shape index (κ1) is 16.0. The number of nitrogens with zero attached hydrogens (tertiary/aromatic N) is 6. The van der Waals surface area contributed by atoms with Crippen LogP contribution < -0.4 is 4.90 Å². The Morgan fingerprint density at radius 1 is 1.16 bits per heavy atom. The topological polar surface area (TPSA) is 76.4 Å². The van der Waals surface area contributed by atoms with Crippen molar-refractivity contribution in [2.45, 2.75) is 32.0 Å². The number of amides is 1. The van der Waals surface area contributed by atoms with Crippen molar-refractivity contribution in [2.75, 3.05) is 31.1 Å². The fourth-order valence-corrected chi connectivity index (χ4v) is 3.37. The number of hydrogen-bond donors (Lipinski definition) is 0. The van der Waals surface area contributed by atoms with Crippen molar-refractivity contribution in [3.05, 3.63) is 36.4 Å². The van der Waals surface area contributed by atoms with Gasteiger partial charge in [-0.3, -0.25) is 9.48 Å². The third-order valence-corrected chi connectivity index (χ3v) is 4.69. The van der Waals surface area contributed by atoms with Gasteiger partial charge in [-0.2, -0.15) is 5.10 Å². The number of likely N-dealkylation sites (tertiary alicyclic amines) is 1. The summed E-state index contributed by atoms with van der Waals surface area (Å²) in [5.74, 6) is 0.738. The molecular weight excluding hydrogens is 320 g/mol. The van der Waals surface area contributed by atoms with Crippen LogP contribution in [-0.4, -0.2) is 62.9 Å². The zero-order valence-corrected chi connectivity index (χ0v) is 14.1. The molecule has 0 spiro atoms. The highest BCUT2D eigenvalue weighted by atomic mass is 16.5. The Hall–Kier alpha value is -2.48. The average molecular weight is 342 g/mol. The van der Waals surface area contributed by atoms with Crippen LogP contribution in [0.25, 0.3) is 0 Å². The Balaban J connectivity index is 1.46. The maximum Gasteiger partial charge on any atom is 0.248 e. The smallest absolute Gasteiger partial charge is 0.248 e. The monoisotopic (exact) mass is 342 g/mol. The summed E-state index contributed by atoms with van der Waals surface area (Å²) in [7, 11) is 0. The molecule has 1 saturated heterocycles. The van der Waals surface area contributed by atoms with E-state index in [1.165, 1.54) is 0 Å². The summed E-state index contributed by atoms with van der Waals surface area (Å²) in [6.45, 7) is 3.73. The first-order valence-electron chi connectivity index (χ1n) is 8.71. The third-order valence-electron chi connectivity index (χ3n) is 4.69. The second kappa shape index (κ2) is 7.18. The van der Waals surface area contributed by atoms with Crippen LogP contribution in [-0.2, 0) is 22.6 Å². The van der Waals surface area contributed by atoms with Crippen LogP contribution in [0.3, 0.4) is 0 Å². The predicted molar refractivity (Wildman–Crippen MR) is 90.9 cm³/mol. The molecule has 2 aliphatic heterocycles. The summed E-state index contributed by atoms with van der Waals surface area (Å²) < 4.78 is 7.90. The van der Waals surface area contributed by atoms with E-state index in [9.17, 15) is 4.79 Å². The van der Waals surface area contributed by atoms with E-state index >= 15 is 0 Å². The van der Waals surface area contributed by atoms with E-state index < -0.39 is 0 Å². The fraction of sp³-hybridized carbons (Fsp3) is 0.529. The SMILES string of the molecule is O=C(COC1CN(c2ncccn2)Cc2ccnn2C1)N1CCCC1. The number of carbonyl (C=O) groups excluding carboxylic acids is 1. The fourth-order valence-electron chi connectivity index (χ4n) is 3.37. The van der Waals surface area contributed by atoms with Crippen molar-refractivity contribution < 1.29 is 9.53 Å². The minimum atomic E-state index is -0.142. The molecule has 8 nitrogen and oxygen atoms in total. The molecule has 0 N–H and O–H groups in total. The van der Waals surface area contributed by atoms with Crippen LogP contribution in [0.5, 0.6) is 0 Å². The van der Waals surface area contributed by atoms with Gasteiger partial charge in [-0.1, -0.05) is 0 Å². The summed E-state index contributed by atoms with van der Waals surface area (Å²) in [6, 6.07) is 3.79. The molecule has 4 heterocycles. The molecule has 2 aliphatic rings. The lowest BCUT2D eigenvalue weighted by molar-refractivity contribution is -0.137. The summed E-state index contributed by atoms with van der Waals surface area (Å²) in [5, 5.41) is 4.37. The van der Waals surface area contributed by atoms with E-state index in [0.29, 0.717) is 25.6 Å². The lowest BCUT2D eigenvalue weighted by Crippen LogP contribution is -2.38. The molecule has 1 fully saturated rings. The zero-order valence-electron chi connectivity index (χ0n) is 14.1. The second-order valence-corrected chi connectivity index (χ2v) is 6.45. The van der Waals surface area contributed by atoms with Gasteiger partial charge < -0.3 is 14.5 Å². The first-order valence-corrected chi connectivity index (χ1v) is 8.71. The van der Waals surface area contributed by atoms with E-state index in [1.807, 2.05) is 15.6 Å². The minimum absolute atomic E-state index is 0.0740. The third kappa shape index (κ3) is 3.63. The largest absolute Gasteiger partial charge is 0.365 e. The maximum absolute atomic E-state index is 12.3. The molecule has 1 amide bonds. The molecule has 0 aromatic carbocycles. The molecule has 8 heteroatoms. The molecule has 2 aromatic heterocycles. The molecular formula is C17H22N6O2. The summed E-state index contributed by atoms with van der Waals surface area (Å²) in [5.41, 5.74) is 1.09. The van der Waals surface area contributed by atoms with Crippen LogP contribution in [0.15, 0.2) is 30.7 Å². The van der Waals surface area contributed by atoms with Crippen molar-refractivity contribution in [1.82, 2.24) is 24.6 Å². The van der Waals surface area contributed by atoms with E-state index in [1.54, 1.807) is 24.7 Å². The lowest BCUT2D eigenvalue weighted by atomic mass is 10.3. The van der Waals surface area contributed by atoms with Crippen LogP contribution in [0.4, 0.5) is 5.95 Å². The number of ether oxygens (including phenoxy) is 1. The van der Waals surface area contributed by atoms with Crippen LogP contribution >= 0.6 is 0 Å². The van der Waals surface area contributed by atoms with Gasteiger partial charge in [0.05, 0.1) is 24.9 Å². The number of carbonyl (C=O) groups is 1. The second-order valence-electron chi connectivity index (χ2n) is 6.45. The number of aromatic nitrogens is 4. The molecule has 1 unspecified atom stereocenters. The molecule has 0 aliphatic carbocycles. The van der Waals surface area contributed by atoms with Crippen molar-refractivity contribution >= 4 is 11.9 Å². The van der Waals surface area contributed by atoms with Crippen LogP contribution in [0, 0.1) is 0 Å². The Morgan fingerprint density at radius 3 is 2.76 bits per heavy atom. The molecule has 0 radical (unpaired) electrons. The van der Waals surface area contributed by atoms with Crippen molar-refractivity contribution in [3.63, 3.8) is 0 Å². The van der Waals surface area contributed by atoms with Crippen molar-refractivity contribution in [2.24, 2.45) is 0 Å². The van der Waals surface area contributed by atoms with Gasteiger partial charge in [0.1, 0.15) is 6.61 Å². The van der Waals surface area contributed by atoms with Gasteiger partial charge in [0.25, 0.3) is 0 Å². The van der Waals surface area contributed by atoms with Gasteiger partial charge in [-0.25, -0.2) is 9.97 Å². The van der Waals surface area contributed by atoms with Gasteiger partial charge in [0.2, 0.25) is 11.9 Å². The van der Waals surface area contributed by atoms with E-state index in [0.717, 1.165) is 31.6 Å². The molecule has 4 rings (SSSR count). The molecule has 132 valence electrons. The van der Waals surface area contributed by atoms with E-state index in [-0.39, 0.29) is 18.6 Å². The molecule has 2 aromatic rings. The summed E-state index contributed by atoms with van der Waals surface area (Å²) in [6.07, 6.45) is 7.29. The van der Waals surface area contributed by atoms with Crippen molar-refractivity contribution in [1.29, 1.82) is 0 Å². The lowest BCUT2D eigenvalue weighted by Gasteiger charge is -2.24. The Morgan fingerprint density at radius 2 is 1.96 bits per heavy atom. The first-order chi connectivity index (χ1) is 12.3. The molecule has 1 atom stereocenters. The highest BCUT2D eigenvalue weighted by Gasteiger charge is 2.26. The van der Waals surface area contributed by atoms with Gasteiger partial charge in [0.15, 0.2) is 0 Å². The quantitative estimate of drug-likeness (QED) is 0.814. The molecule has 0 bridgehead atoms. The van der Waals surface area contributed by atoms with Gasteiger partial charge in [0, 0.05) is 38.2 Å². The summed E-state index contributed by atoms with van der Waals surface area (Å²) >= 11 is 0. The zero-order chi connectivity index (χ0) is 17.1. The van der Waals surface area contributed by atoms with Crippen LogP contribution in [0.1, 0.15) is 18.5 Å². The maximum atomic E-state index is 12.3. The highest BCUT2D eigenvalue weighted by Crippen LogP contribution is 2.18. The Bertz CT molecular complexity index is 713. The molecule has 25 heavy (non-hydrogen) atoms. The standard InChI is InChI=1S/C17H22N6O2/c24-16(21-8-1-2-9-21)13-25-15-11-22(17-18-5-3-6-19-17)10-14-4-7-20-23(14)12-15/h3-7,15H,1-2,8-13H2.